The van der Waals surface area contributed by atoms with Gasteiger partial charge < -0.3 is 64.8 Å². The highest BCUT2D eigenvalue weighted by molar-refractivity contribution is 6.21. The van der Waals surface area contributed by atoms with E-state index in [1.807, 2.05) is 6.92 Å². The molecule has 3 N–H and O–H groups in total. The average Bonchev–Trinajstić information content (AvgIpc) is 1.25. The van der Waals surface area contributed by atoms with Gasteiger partial charge in [0.1, 0.15) is 47.8 Å². The second-order valence-electron chi connectivity index (χ2n) is 32.6. The Morgan fingerprint density at radius 2 is 1.20 bits per heavy atom. The van der Waals surface area contributed by atoms with E-state index in [0.29, 0.717) is 70.1 Å². The summed E-state index contributed by atoms with van der Waals surface area (Å²) in [6.07, 6.45) is 7.64. The van der Waals surface area contributed by atoms with Crippen molar-refractivity contribution in [3.63, 3.8) is 0 Å². The Balaban J connectivity index is 1.07. The third-order valence-electron chi connectivity index (χ3n) is 25.5. The summed E-state index contributed by atoms with van der Waals surface area (Å²) in [6.45, 7) is 4.76. The second-order valence-corrected chi connectivity index (χ2v) is 33.2. The van der Waals surface area contributed by atoms with Gasteiger partial charge in [-0.05, 0) is 138 Å². The van der Waals surface area contributed by atoms with Crippen LogP contribution in [0.1, 0.15) is 201 Å². The summed E-state index contributed by atoms with van der Waals surface area (Å²) >= 11 is 6.43. The number of rotatable bonds is 10. The predicted molar refractivity (Wildman–Crippen MR) is 381 cm³/mol. The van der Waals surface area contributed by atoms with Gasteiger partial charge >= 0.3 is 6.18 Å². The summed E-state index contributed by atoms with van der Waals surface area (Å²) in [4.78, 5) is 193. The van der Waals surface area contributed by atoms with Crippen LogP contribution in [0, 0.1) is 41.4 Å². The van der Waals surface area contributed by atoms with Gasteiger partial charge in [-0.1, -0.05) is 91.4 Å². The van der Waals surface area contributed by atoms with Gasteiger partial charge in [0, 0.05) is 61.3 Å². The Labute approximate surface area is 617 Å². The zero-order chi connectivity index (χ0) is 75.8. The number of fused-ring (bicyclic) bond motifs is 3. The van der Waals surface area contributed by atoms with Crippen LogP contribution < -0.4 is 16.0 Å². The first-order valence-corrected chi connectivity index (χ1v) is 39.3. The SMILES string of the molecule is CC[C@H](C)[C@@H]1NC(=O)[C@H](C2CCC2)N(C)C(=O)C[C@@H](C(=O)N2C3CCC2COC3)N(C)C(=O)[C@H](C2CCCCC2)N(C)C(=O)C2(CCCC2)NC(=O)[C@@H]2CCCN2C(=O)[C@H](CCC2CCC(C(F)(F)F)C(Cl)C2)NC(=O)CN(C)C(=O)[C@H](CC2CCC(C)CC2)N(C)C(=O)CN(C)C(=O)CN(C)C1=O. The van der Waals surface area contributed by atoms with Crippen LogP contribution in [0.15, 0.2) is 0 Å². The van der Waals surface area contributed by atoms with E-state index in [1.54, 1.807) is 18.9 Å². The molecule has 4 saturated heterocycles. The van der Waals surface area contributed by atoms with Crippen LogP contribution in [0.3, 0.4) is 0 Å². The van der Waals surface area contributed by atoms with Crippen LogP contribution in [0.4, 0.5) is 13.2 Å². The highest BCUT2D eigenvalue weighted by atomic mass is 35.5. The molecule has 2 bridgehead atoms. The number of halogens is 4. The molecular formula is C75H118ClF3N12O13. The fourth-order valence-corrected chi connectivity index (χ4v) is 18.9. The van der Waals surface area contributed by atoms with Gasteiger partial charge in [-0.15, -0.1) is 11.6 Å². The van der Waals surface area contributed by atoms with Gasteiger partial charge in [0.05, 0.1) is 57.3 Å². The number of carbonyl (C=O) groups is 12. The minimum Gasteiger partial charge on any atom is -0.377 e. The van der Waals surface area contributed by atoms with E-state index >= 15 is 33.6 Å². The molecule has 0 aromatic rings. The van der Waals surface area contributed by atoms with Crippen LogP contribution in [0.25, 0.3) is 0 Å². The lowest BCUT2D eigenvalue weighted by atomic mass is 9.78. The number of nitrogens with zero attached hydrogens (tertiary/aromatic N) is 9. The van der Waals surface area contributed by atoms with Crippen LogP contribution in [0.5, 0.6) is 0 Å². The summed E-state index contributed by atoms with van der Waals surface area (Å²) in [5.74, 6) is -10.2. The summed E-state index contributed by atoms with van der Waals surface area (Å²) in [5, 5.41) is 7.72. The molecule has 9 rings (SSSR count). The van der Waals surface area contributed by atoms with Crippen LogP contribution in [-0.2, 0) is 62.3 Å². The molecule has 13 atom stereocenters. The van der Waals surface area contributed by atoms with Crippen molar-refractivity contribution in [1.82, 2.24) is 60.0 Å². The quantitative estimate of drug-likeness (QED) is 0.216. The molecule has 0 aromatic heterocycles. The van der Waals surface area contributed by atoms with Crippen molar-refractivity contribution >= 4 is 82.5 Å². The van der Waals surface area contributed by atoms with Crippen molar-refractivity contribution in [3.05, 3.63) is 0 Å². The molecule has 584 valence electrons. The fraction of sp³-hybridized carbons (Fsp3) is 0.840. The lowest BCUT2D eigenvalue weighted by Gasteiger charge is -2.44. The van der Waals surface area contributed by atoms with Crippen molar-refractivity contribution in [2.75, 3.05) is 88.7 Å². The van der Waals surface area contributed by atoms with Gasteiger partial charge in [-0.3, -0.25) is 57.5 Å². The smallest absolute Gasteiger partial charge is 0.377 e. The van der Waals surface area contributed by atoms with Crippen molar-refractivity contribution in [2.45, 2.75) is 272 Å². The molecule has 0 radical (unpaired) electrons. The summed E-state index contributed by atoms with van der Waals surface area (Å²) in [6, 6.07) is -9.18. The van der Waals surface area contributed by atoms with Gasteiger partial charge in [0.2, 0.25) is 70.9 Å². The summed E-state index contributed by atoms with van der Waals surface area (Å²) in [5.41, 5.74) is -1.56. The molecule has 4 aliphatic heterocycles. The topological polar surface area (TPSA) is 279 Å². The van der Waals surface area contributed by atoms with Gasteiger partial charge in [-0.25, -0.2) is 0 Å². The molecule has 104 heavy (non-hydrogen) atoms. The standard InChI is InChI=1S/C75H118ClF3N12O13/c1-11-46(3)63-71(101)85(6)41-61(94)83(4)42-62(95)86(7)57(38-48-26-24-45(2)25-27-48)69(99)84(5)40-59(92)80-55(33-29-47-28-32-53(54(76)37-47)75(77,78)79)68(98)90-36-18-23-56(90)66(96)82-74(34-15-16-35-74)73(103)89(10)65(50-19-13-12-14-20-50)72(102)87(8)58(70(100)91-51-30-31-52(91)44-104-43-51)39-60(93)88(9)64(67(97)81-63)49-21-17-22-49/h45-58,63-65H,11-44H2,1-10H3,(H,80,92)(H,81,97)(H,82,96)/t45?,46-,47?,48?,51?,52?,53?,54?,55-,56-,57-,58-,63-,64-,65-/m0/s1. The van der Waals surface area contributed by atoms with Crippen molar-refractivity contribution < 1.29 is 75.4 Å². The number of hydrogen-bond acceptors (Lipinski definition) is 13. The molecule has 25 nitrogen and oxygen atoms in total. The van der Waals surface area contributed by atoms with Gasteiger partial charge in [0.15, 0.2) is 0 Å². The molecule has 0 aromatic carbocycles. The minimum absolute atomic E-state index is 0.000501. The number of alkyl halides is 4. The van der Waals surface area contributed by atoms with Crippen LogP contribution >= 0.6 is 11.6 Å². The molecular weight excluding hydrogens is 1370 g/mol. The van der Waals surface area contributed by atoms with E-state index in [4.69, 9.17) is 16.3 Å². The second kappa shape index (κ2) is 35.6. The molecule has 4 heterocycles. The molecule has 5 saturated carbocycles. The molecule has 29 heteroatoms. The first-order valence-electron chi connectivity index (χ1n) is 38.9. The Morgan fingerprint density at radius 1 is 0.596 bits per heavy atom. The number of morpholine rings is 1. The Bertz CT molecular complexity index is 3090. The third-order valence-corrected chi connectivity index (χ3v) is 26.0. The van der Waals surface area contributed by atoms with Gasteiger partial charge in [-0.2, -0.15) is 13.2 Å². The first kappa shape index (κ1) is 81.8. The number of nitrogens with one attached hydrogen (secondary N) is 3. The fourth-order valence-electron chi connectivity index (χ4n) is 18.3. The maximum absolute atomic E-state index is 16.0. The van der Waals surface area contributed by atoms with E-state index in [1.165, 1.54) is 76.6 Å². The van der Waals surface area contributed by atoms with E-state index in [-0.39, 0.29) is 107 Å². The number of carbonyl (C=O) groups excluding carboxylic acids is 12. The Hall–Kier alpha value is -6.32. The summed E-state index contributed by atoms with van der Waals surface area (Å²) < 4.78 is 48.1. The van der Waals surface area contributed by atoms with E-state index in [9.17, 15) is 37.1 Å². The van der Waals surface area contributed by atoms with Crippen LogP contribution in [0.2, 0.25) is 0 Å². The summed E-state index contributed by atoms with van der Waals surface area (Å²) in [7, 11) is 10.2. The monoisotopic (exact) mass is 1490 g/mol. The third kappa shape index (κ3) is 19.0. The van der Waals surface area contributed by atoms with E-state index < -0.39 is 174 Å². The van der Waals surface area contributed by atoms with Gasteiger partial charge in [0.25, 0.3) is 0 Å². The highest BCUT2D eigenvalue weighted by Crippen LogP contribution is 2.45. The van der Waals surface area contributed by atoms with Crippen molar-refractivity contribution in [2.24, 2.45) is 41.4 Å². The highest BCUT2D eigenvalue weighted by Gasteiger charge is 2.54. The molecule has 1 spiro atoms. The van der Waals surface area contributed by atoms with Crippen LogP contribution in [-0.4, -0.2) is 275 Å². The lowest BCUT2D eigenvalue weighted by Crippen LogP contribution is -2.65. The predicted octanol–water partition coefficient (Wildman–Crippen LogP) is 5.86. The van der Waals surface area contributed by atoms with Crippen molar-refractivity contribution in [1.29, 1.82) is 0 Å². The van der Waals surface area contributed by atoms with E-state index in [2.05, 4.69) is 22.9 Å². The molecule has 12 amide bonds. The first-order chi connectivity index (χ1) is 49.2. The zero-order valence-corrected chi connectivity index (χ0v) is 64.0. The normalized spacial score (nSPS) is 33.3. The number of amides is 12. The molecule has 9 fully saturated rings. The molecule has 5 unspecified atom stereocenters. The maximum atomic E-state index is 16.0. The maximum Gasteiger partial charge on any atom is 0.393 e. The molecule has 5 aliphatic carbocycles. The average molecular weight is 1490 g/mol. The minimum atomic E-state index is -4.51. The number of hydrogen-bond donors (Lipinski definition) is 3. The largest absolute Gasteiger partial charge is 0.393 e. The molecule has 9 aliphatic rings. The number of likely N-dealkylation sites (N-methyl/N-ethyl adjacent to an activating group) is 7. The Kier molecular flexibility index (Phi) is 28.0. The zero-order valence-electron chi connectivity index (χ0n) is 63.2. The Morgan fingerprint density at radius 3 is 1.81 bits per heavy atom. The number of ether oxygens (including phenoxy) is 1. The lowest BCUT2D eigenvalue weighted by molar-refractivity contribution is -0.182. The van der Waals surface area contributed by atoms with E-state index in [0.717, 1.165) is 56.3 Å². The van der Waals surface area contributed by atoms with Crippen molar-refractivity contribution in [3.8, 4) is 0 Å².